The first-order valence-corrected chi connectivity index (χ1v) is 10.4. The molecule has 0 radical (unpaired) electrons. The zero-order valence-electron chi connectivity index (χ0n) is 14.6. The lowest BCUT2D eigenvalue weighted by Crippen LogP contribution is -2.53. The van der Waals surface area contributed by atoms with Gasteiger partial charge in [0.25, 0.3) is 10.2 Å². The first-order valence-electron chi connectivity index (χ1n) is 8.94. The second kappa shape index (κ2) is 5.45. The van der Waals surface area contributed by atoms with Gasteiger partial charge in [0.15, 0.2) is 0 Å². The van der Waals surface area contributed by atoms with Crippen molar-refractivity contribution < 1.29 is 8.42 Å². The number of rotatable bonds is 4. The van der Waals surface area contributed by atoms with Crippen LogP contribution in [0.3, 0.4) is 0 Å². The van der Waals surface area contributed by atoms with Crippen molar-refractivity contribution in [1.82, 2.24) is 9.03 Å². The summed E-state index contributed by atoms with van der Waals surface area (Å²) in [4.78, 5) is 0. The normalized spacial score (nSPS) is 38.8. The van der Waals surface area contributed by atoms with Gasteiger partial charge in [-0.05, 0) is 48.9 Å². The van der Waals surface area contributed by atoms with Gasteiger partial charge < -0.3 is 0 Å². The Kier molecular flexibility index (Phi) is 4.14. The predicted molar refractivity (Wildman–Crippen MR) is 89.7 cm³/mol. The maximum absolute atomic E-state index is 12.8. The molecule has 0 aromatic heterocycles. The van der Waals surface area contributed by atoms with E-state index in [4.69, 9.17) is 0 Å². The van der Waals surface area contributed by atoms with E-state index in [0.29, 0.717) is 5.92 Å². The molecule has 3 aliphatic carbocycles. The van der Waals surface area contributed by atoms with Crippen LogP contribution in [0.25, 0.3) is 0 Å². The molecule has 3 saturated carbocycles. The molecule has 0 heterocycles. The first-order chi connectivity index (χ1) is 10.2. The minimum Gasteiger partial charge on any atom is -0.198 e. The molecule has 22 heavy (non-hydrogen) atoms. The van der Waals surface area contributed by atoms with E-state index >= 15 is 0 Å². The van der Waals surface area contributed by atoms with E-state index in [1.807, 2.05) is 0 Å². The van der Waals surface area contributed by atoms with E-state index in [-0.39, 0.29) is 22.9 Å². The molecule has 3 rings (SSSR count). The Morgan fingerprint density at radius 2 is 1.68 bits per heavy atom. The average molecular weight is 329 g/mol. The minimum atomic E-state index is -3.37. The van der Waals surface area contributed by atoms with Crippen LogP contribution in [-0.4, -0.2) is 31.9 Å². The highest BCUT2D eigenvalue weighted by atomic mass is 32.2. The van der Waals surface area contributed by atoms with Crippen molar-refractivity contribution in [3.05, 3.63) is 0 Å². The van der Waals surface area contributed by atoms with Gasteiger partial charge in [-0.2, -0.15) is 17.4 Å². The SMILES string of the molecule is CN(C1CCCCC1)S(=O)(=O)N[C@@H]1C[C@H]2CC[C@@]1(C)C2(C)C. The highest BCUT2D eigenvalue weighted by Crippen LogP contribution is 2.65. The van der Waals surface area contributed by atoms with Crippen LogP contribution in [0.5, 0.6) is 0 Å². The summed E-state index contributed by atoms with van der Waals surface area (Å²) in [6, 6.07) is 0.281. The Morgan fingerprint density at radius 1 is 1.05 bits per heavy atom. The van der Waals surface area contributed by atoms with Gasteiger partial charge in [-0.1, -0.05) is 40.0 Å². The van der Waals surface area contributed by atoms with E-state index in [1.165, 1.54) is 12.8 Å². The van der Waals surface area contributed by atoms with E-state index in [1.54, 1.807) is 11.4 Å². The molecule has 3 atom stereocenters. The Balaban J connectivity index is 1.72. The van der Waals surface area contributed by atoms with Crippen LogP contribution >= 0.6 is 0 Å². The summed E-state index contributed by atoms with van der Waals surface area (Å²) >= 11 is 0. The van der Waals surface area contributed by atoms with Crippen LogP contribution in [0, 0.1) is 16.7 Å². The number of nitrogens with one attached hydrogen (secondary N) is 1. The second-order valence-corrected chi connectivity index (χ2v) is 10.4. The molecule has 0 aromatic rings. The monoisotopic (exact) mass is 328 g/mol. The van der Waals surface area contributed by atoms with Crippen molar-refractivity contribution in [2.45, 2.75) is 84.2 Å². The van der Waals surface area contributed by atoms with Gasteiger partial charge in [-0.3, -0.25) is 0 Å². The van der Waals surface area contributed by atoms with Gasteiger partial charge in [0, 0.05) is 19.1 Å². The highest BCUT2D eigenvalue weighted by Gasteiger charge is 2.62. The highest BCUT2D eigenvalue weighted by molar-refractivity contribution is 7.87. The van der Waals surface area contributed by atoms with Crippen LogP contribution in [0.4, 0.5) is 0 Å². The van der Waals surface area contributed by atoms with Crippen molar-refractivity contribution in [3.63, 3.8) is 0 Å². The summed E-state index contributed by atoms with van der Waals surface area (Å²) in [5.41, 5.74) is 0.335. The summed E-state index contributed by atoms with van der Waals surface area (Å²) in [5.74, 6) is 0.658. The van der Waals surface area contributed by atoms with Gasteiger partial charge in [0.2, 0.25) is 0 Å². The summed E-state index contributed by atoms with van der Waals surface area (Å²) in [7, 11) is -1.61. The lowest BCUT2D eigenvalue weighted by molar-refractivity contribution is 0.129. The Labute approximate surface area is 136 Å². The van der Waals surface area contributed by atoms with Gasteiger partial charge in [-0.25, -0.2) is 0 Å². The maximum atomic E-state index is 12.8. The van der Waals surface area contributed by atoms with Crippen LogP contribution < -0.4 is 4.72 Å². The van der Waals surface area contributed by atoms with E-state index in [2.05, 4.69) is 25.5 Å². The third kappa shape index (κ3) is 2.44. The smallest absolute Gasteiger partial charge is 0.198 e. The van der Waals surface area contributed by atoms with Crippen LogP contribution in [0.15, 0.2) is 0 Å². The van der Waals surface area contributed by atoms with Crippen LogP contribution in [0.2, 0.25) is 0 Å². The molecule has 0 aromatic carbocycles. The Bertz CT molecular complexity index is 525. The number of hydrogen-bond acceptors (Lipinski definition) is 2. The van der Waals surface area contributed by atoms with Gasteiger partial charge in [0.1, 0.15) is 0 Å². The zero-order valence-corrected chi connectivity index (χ0v) is 15.4. The molecule has 3 fully saturated rings. The fourth-order valence-corrected chi connectivity index (χ4v) is 6.77. The molecule has 128 valence electrons. The van der Waals surface area contributed by atoms with E-state index < -0.39 is 10.2 Å². The molecule has 0 amide bonds. The number of nitrogens with zero attached hydrogens (tertiary/aromatic N) is 1. The molecule has 0 unspecified atom stereocenters. The number of fused-ring (bicyclic) bond motifs is 2. The molecule has 2 bridgehead atoms. The lowest BCUT2D eigenvalue weighted by atomic mass is 9.69. The van der Waals surface area contributed by atoms with Gasteiger partial charge in [-0.15, -0.1) is 0 Å². The fourth-order valence-electron chi connectivity index (χ4n) is 5.29. The second-order valence-electron chi connectivity index (χ2n) is 8.59. The van der Waals surface area contributed by atoms with Crippen LogP contribution in [-0.2, 0) is 10.2 Å². The maximum Gasteiger partial charge on any atom is 0.279 e. The van der Waals surface area contributed by atoms with E-state index in [9.17, 15) is 8.42 Å². The zero-order chi connectivity index (χ0) is 16.2. The number of hydrogen-bond donors (Lipinski definition) is 1. The molecule has 4 nitrogen and oxygen atoms in total. The Hall–Kier alpha value is -0.130. The molecule has 5 heteroatoms. The molecule has 0 spiro atoms. The van der Waals surface area contributed by atoms with Crippen molar-refractivity contribution in [2.24, 2.45) is 16.7 Å². The molecule has 3 aliphatic rings. The van der Waals surface area contributed by atoms with Gasteiger partial charge in [0.05, 0.1) is 0 Å². The molecular formula is C17H32N2O2S. The lowest BCUT2D eigenvalue weighted by Gasteiger charge is -2.40. The minimum absolute atomic E-state index is 0.0947. The Morgan fingerprint density at radius 3 is 2.18 bits per heavy atom. The van der Waals surface area contributed by atoms with Crippen molar-refractivity contribution in [2.75, 3.05) is 7.05 Å². The fraction of sp³-hybridized carbons (Fsp3) is 1.00. The quantitative estimate of drug-likeness (QED) is 0.861. The van der Waals surface area contributed by atoms with Crippen molar-refractivity contribution in [3.8, 4) is 0 Å². The third-order valence-electron chi connectivity index (χ3n) is 7.55. The average Bonchev–Trinajstić information content (AvgIpc) is 2.80. The third-order valence-corrected chi connectivity index (χ3v) is 9.19. The molecular weight excluding hydrogens is 296 g/mol. The molecule has 0 aliphatic heterocycles. The summed E-state index contributed by atoms with van der Waals surface area (Å²) in [6.07, 6.45) is 8.96. The topological polar surface area (TPSA) is 49.4 Å². The summed E-state index contributed by atoms with van der Waals surface area (Å²) in [6.45, 7) is 6.93. The molecule has 0 saturated heterocycles. The summed E-state index contributed by atoms with van der Waals surface area (Å²) < 4.78 is 30.4. The van der Waals surface area contributed by atoms with Crippen LogP contribution in [0.1, 0.15) is 72.1 Å². The summed E-state index contributed by atoms with van der Waals surface area (Å²) in [5, 5.41) is 0. The molecule has 1 N–H and O–H groups in total. The van der Waals surface area contributed by atoms with E-state index in [0.717, 1.165) is 38.5 Å². The standard InChI is InChI=1S/C17H32N2O2S/c1-16(2)13-10-11-17(16,3)15(12-13)18-22(20,21)19(4)14-8-6-5-7-9-14/h13-15,18H,5-12H2,1-4H3/t13-,15-,17-/m1/s1. The van der Waals surface area contributed by atoms with Crippen molar-refractivity contribution in [1.29, 1.82) is 0 Å². The van der Waals surface area contributed by atoms with Crippen molar-refractivity contribution >= 4 is 10.2 Å². The van der Waals surface area contributed by atoms with Gasteiger partial charge >= 0.3 is 0 Å². The predicted octanol–water partition coefficient (Wildman–Crippen LogP) is 3.30. The largest absolute Gasteiger partial charge is 0.279 e. The first kappa shape index (κ1) is 16.7.